The lowest BCUT2D eigenvalue weighted by molar-refractivity contribution is 0.315. The molecule has 0 saturated carbocycles. The molecule has 1 nitrogen and oxygen atoms in total. The van der Waals surface area contributed by atoms with Gasteiger partial charge in [-0.25, -0.2) is 0 Å². The smallest absolute Gasteiger partial charge is 0.0233 e. The van der Waals surface area contributed by atoms with E-state index in [9.17, 15) is 0 Å². The molecule has 1 aromatic carbocycles. The molecule has 1 unspecified atom stereocenters. The van der Waals surface area contributed by atoms with Crippen molar-refractivity contribution in [1.29, 1.82) is 0 Å². The van der Waals surface area contributed by atoms with Gasteiger partial charge in [0.25, 0.3) is 0 Å². The van der Waals surface area contributed by atoms with Crippen LogP contribution in [-0.4, -0.2) is 23.3 Å². The number of aryl methyl sites for hydroxylation is 1. The molecule has 0 radical (unpaired) electrons. The second kappa shape index (κ2) is 5.83. The van der Waals surface area contributed by atoms with Crippen molar-refractivity contribution in [1.82, 2.24) is 4.90 Å². The molecule has 0 spiro atoms. The Balaban J connectivity index is 1.87. The van der Waals surface area contributed by atoms with E-state index in [1.807, 2.05) is 0 Å². The summed E-state index contributed by atoms with van der Waals surface area (Å²) >= 11 is 3.54. The van der Waals surface area contributed by atoms with Crippen molar-refractivity contribution < 1.29 is 0 Å². The molecule has 1 heterocycles. The summed E-state index contributed by atoms with van der Waals surface area (Å²) in [6.45, 7) is 5.84. The Hall–Kier alpha value is -0.340. The van der Waals surface area contributed by atoms with Crippen LogP contribution in [-0.2, 0) is 6.54 Å². The van der Waals surface area contributed by atoms with Gasteiger partial charge in [0.05, 0.1) is 0 Å². The molecule has 1 fully saturated rings. The van der Waals surface area contributed by atoms with Crippen LogP contribution in [0.2, 0.25) is 0 Å². The summed E-state index contributed by atoms with van der Waals surface area (Å²) in [5.41, 5.74) is 2.83. The van der Waals surface area contributed by atoms with Crippen molar-refractivity contribution >= 4 is 15.9 Å². The van der Waals surface area contributed by atoms with Gasteiger partial charge >= 0.3 is 0 Å². The number of hydrogen-bond donors (Lipinski definition) is 0. The fourth-order valence-electron chi connectivity index (χ4n) is 2.52. The third kappa shape index (κ3) is 3.33. The average molecular weight is 282 g/mol. The Morgan fingerprint density at radius 1 is 1.44 bits per heavy atom. The molecule has 1 aromatic rings. The number of benzene rings is 1. The molecule has 2 heteroatoms. The number of nitrogens with zero attached hydrogens (tertiary/aromatic N) is 1. The first-order valence-corrected chi connectivity index (χ1v) is 7.24. The molecule has 0 aliphatic carbocycles. The van der Waals surface area contributed by atoms with E-state index < -0.39 is 0 Å². The predicted molar refractivity (Wildman–Crippen MR) is 73.0 cm³/mol. The molecular formula is C14H20BrN. The van der Waals surface area contributed by atoms with Crippen molar-refractivity contribution in [3.63, 3.8) is 0 Å². The van der Waals surface area contributed by atoms with E-state index in [4.69, 9.17) is 0 Å². The van der Waals surface area contributed by atoms with Crippen molar-refractivity contribution in [3.8, 4) is 0 Å². The Morgan fingerprint density at radius 2 is 2.31 bits per heavy atom. The first-order chi connectivity index (χ1) is 7.78. The highest BCUT2D eigenvalue weighted by atomic mass is 79.9. The Labute approximate surface area is 107 Å². The summed E-state index contributed by atoms with van der Waals surface area (Å²) in [7, 11) is 0. The van der Waals surface area contributed by atoms with Gasteiger partial charge in [-0.2, -0.15) is 0 Å². The summed E-state index contributed by atoms with van der Waals surface area (Å²) < 4.78 is 0. The molecular weight excluding hydrogens is 262 g/mol. The molecule has 1 aliphatic rings. The Bertz CT molecular complexity index is 337. The van der Waals surface area contributed by atoms with E-state index in [-0.39, 0.29) is 0 Å². The molecule has 1 atom stereocenters. The van der Waals surface area contributed by atoms with E-state index in [0.29, 0.717) is 0 Å². The molecule has 2 rings (SSSR count). The van der Waals surface area contributed by atoms with E-state index in [0.717, 1.165) is 17.8 Å². The van der Waals surface area contributed by atoms with E-state index in [1.165, 1.54) is 37.1 Å². The number of rotatable bonds is 4. The van der Waals surface area contributed by atoms with Gasteiger partial charge in [-0.3, -0.25) is 4.90 Å². The SMILES string of the molecule is Cc1cccc(CN2CCC(CCBr)C2)c1. The van der Waals surface area contributed by atoms with Crippen LogP contribution >= 0.6 is 15.9 Å². The number of likely N-dealkylation sites (tertiary alicyclic amines) is 1. The predicted octanol–water partition coefficient (Wildman–Crippen LogP) is 3.60. The molecule has 0 bridgehead atoms. The van der Waals surface area contributed by atoms with Gasteiger partial charge in [0.2, 0.25) is 0 Å². The molecule has 1 aliphatic heterocycles. The summed E-state index contributed by atoms with van der Waals surface area (Å²) in [5.74, 6) is 0.907. The minimum absolute atomic E-state index is 0.907. The fraction of sp³-hybridized carbons (Fsp3) is 0.571. The van der Waals surface area contributed by atoms with Crippen molar-refractivity contribution in [2.45, 2.75) is 26.3 Å². The number of alkyl halides is 1. The summed E-state index contributed by atoms with van der Waals surface area (Å²) in [5, 5.41) is 1.15. The maximum absolute atomic E-state index is 3.54. The standard InChI is InChI=1S/C14H20BrN/c1-12-3-2-4-14(9-12)11-16-8-6-13(10-16)5-7-15/h2-4,9,13H,5-8,10-11H2,1H3. The topological polar surface area (TPSA) is 3.24 Å². The molecule has 0 N–H and O–H groups in total. The van der Waals surface area contributed by atoms with Crippen LogP contribution in [0.3, 0.4) is 0 Å². The number of halogens is 1. The molecule has 16 heavy (non-hydrogen) atoms. The van der Waals surface area contributed by atoms with E-state index >= 15 is 0 Å². The van der Waals surface area contributed by atoms with Crippen LogP contribution in [0, 0.1) is 12.8 Å². The summed E-state index contributed by atoms with van der Waals surface area (Å²) in [6.07, 6.45) is 2.70. The second-order valence-corrected chi connectivity index (χ2v) is 5.65. The van der Waals surface area contributed by atoms with Crippen LogP contribution in [0.4, 0.5) is 0 Å². The van der Waals surface area contributed by atoms with Crippen LogP contribution in [0.5, 0.6) is 0 Å². The summed E-state index contributed by atoms with van der Waals surface area (Å²) in [6, 6.07) is 8.88. The molecule has 0 aromatic heterocycles. The van der Waals surface area contributed by atoms with Crippen molar-refractivity contribution in [2.24, 2.45) is 5.92 Å². The largest absolute Gasteiger partial charge is 0.299 e. The zero-order chi connectivity index (χ0) is 11.4. The van der Waals surface area contributed by atoms with Gasteiger partial charge in [0.15, 0.2) is 0 Å². The lowest BCUT2D eigenvalue weighted by atomic mass is 10.1. The highest BCUT2D eigenvalue weighted by Crippen LogP contribution is 2.22. The van der Waals surface area contributed by atoms with Gasteiger partial charge in [-0.05, 0) is 37.8 Å². The van der Waals surface area contributed by atoms with Crippen molar-refractivity contribution in [3.05, 3.63) is 35.4 Å². The average Bonchev–Trinajstić information content (AvgIpc) is 2.66. The van der Waals surface area contributed by atoms with Gasteiger partial charge in [-0.15, -0.1) is 0 Å². The van der Waals surface area contributed by atoms with Gasteiger partial charge < -0.3 is 0 Å². The summed E-state index contributed by atoms with van der Waals surface area (Å²) in [4.78, 5) is 2.59. The van der Waals surface area contributed by atoms with Gasteiger partial charge in [-0.1, -0.05) is 45.8 Å². The maximum atomic E-state index is 3.54. The molecule has 88 valence electrons. The van der Waals surface area contributed by atoms with E-state index in [2.05, 4.69) is 52.0 Å². The lowest BCUT2D eigenvalue weighted by Gasteiger charge is -2.16. The Morgan fingerprint density at radius 3 is 3.06 bits per heavy atom. The monoisotopic (exact) mass is 281 g/mol. The van der Waals surface area contributed by atoms with E-state index in [1.54, 1.807) is 0 Å². The zero-order valence-corrected chi connectivity index (χ0v) is 11.5. The molecule has 1 saturated heterocycles. The highest BCUT2D eigenvalue weighted by Gasteiger charge is 2.21. The van der Waals surface area contributed by atoms with Crippen LogP contribution in [0.25, 0.3) is 0 Å². The molecule has 0 amide bonds. The third-order valence-electron chi connectivity index (χ3n) is 3.38. The highest BCUT2D eigenvalue weighted by molar-refractivity contribution is 9.09. The fourth-order valence-corrected chi connectivity index (χ4v) is 3.16. The number of hydrogen-bond acceptors (Lipinski definition) is 1. The first kappa shape index (κ1) is 12.1. The van der Waals surface area contributed by atoms with Crippen LogP contribution in [0.1, 0.15) is 24.0 Å². The zero-order valence-electron chi connectivity index (χ0n) is 9.95. The Kier molecular flexibility index (Phi) is 4.42. The minimum Gasteiger partial charge on any atom is -0.299 e. The van der Waals surface area contributed by atoms with Crippen LogP contribution < -0.4 is 0 Å². The minimum atomic E-state index is 0.907. The lowest BCUT2D eigenvalue weighted by Crippen LogP contribution is -2.20. The third-order valence-corrected chi connectivity index (χ3v) is 3.83. The van der Waals surface area contributed by atoms with Gasteiger partial charge in [0, 0.05) is 18.4 Å². The second-order valence-electron chi connectivity index (χ2n) is 4.86. The quantitative estimate of drug-likeness (QED) is 0.763. The van der Waals surface area contributed by atoms with Gasteiger partial charge in [0.1, 0.15) is 0 Å². The normalized spacial score (nSPS) is 21.5. The van der Waals surface area contributed by atoms with Crippen molar-refractivity contribution in [2.75, 3.05) is 18.4 Å². The maximum Gasteiger partial charge on any atom is 0.0233 e. The van der Waals surface area contributed by atoms with Crippen LogP contribution in [0.15, 0.2) is 24.3 Å². The first-order valence-electron chi connectivity index (χ1n) is 6.12.